The third-order valence-electron chi connectivity index (χ3n) is 9.90. The van der Waals surface area contributed by atoms with Gasteiger partial charge < -0.3 is 9.13 Å². The molecule has 1 aliphatic carbocycles. The van der Waals surface area contributed by atoms with Crippen LogP contribution >= 0.6 is 0 Å². The highest BCUT2D eigenvalue weighted by Crippen LogP contribution is 2.40. The van der Waals surface area contributed by atoms with Crippen LogP contribution in [0.4, 0.5) is 0 Å². The Morgan fingerprint density at radius 1 is 0.540 bits per heavy atom. The Labute approximate surface area is 289 Å². The smallest absolute Gasteiger partial charge is 0.103 e. The summed E-state index contributed by atoms with van der Waals surface area (Å²) in [6, 6.07) is 50.0. The van der Waals surface area contributed by atoms with Gasteiger partial charge in [-0.1, -0.05) is 91.0 Å². The summed E-state index contributed by atoms with van der Waals surface area (Å²) in [5, 5.41) is 33.7. The third-order valence-corrected chi connectivity index (χ3v) is 9.90. The fourth-order valence-electron chi connectivity index (χ4n) is 7.70. The maximum Gasteiger partial charge on any atom is 0.103 e. The molecule has 9 rings (SSSR count). The molecule has 0 fully saturated rings. The molecular formula is C45H27N5. The molecule has 0 saturated carbocycles. The highest BCUT2D eigenvalue weighted by atomic mass is 15.0. The van der Waals surface area contributed by atoms with E-state index in [4.69, 9.17) is 0 Å². The Balaban J connectivity index is 1.24. The van der Waals surface area contributed by atoms with E-state index in [1.807, 2.05) is 48.5 Å². The van der Waals surface area contributed by atoms with E-state index >= 15 is 0 Å². The molecular weight excluding hydrogens is 611 g/mol. The molecule has 2 heterocycles. The van der Waals surface area contributed by atoms with Crippen molar-refractivity contribution in [2.45, 2.75) is 12.8 Å². The Bertz CT molecular complexity index is 2810. The summed E-state index contributed by atoms with van der Waals surface area (Å²) in [5.74, 6) is 0. The van der Waals surface area contributed by atoms with Gasteiger partial charge in [0, 0.05) is 38.7 Å². The molecule has 0 N–H and O–H groups in total. The summed E-state index contributed by atoms with van der Waals surface area (Å²) in [7, 11) is 0. The first kappa shape index (κ1) is 29.0. The number of hydrogen-bond donors (Lipinski definition) is 0. The number of allylic oxidation sites excluding steroid dienone is 1. The van der Waals surface area contributed by atoms with Gasteiger partial charge in [0.2, 0.25) is 0 Å². The molecule has 0 spiro atoms. The van der Waals surface area contributed by atoms with Crippen LogP contribution in [0.1, 0.15) is 34.4 Å². The van der Waals surface area contributed by atoms with Gasteiger partial charge in [-0.05, 0) is 78.1 Å². The van der Waals surface area contributed by atoms with Crippen molar-refractivity contribution in [1.29, 1.82) is 15.8 Å². The zero-order chi connectivity index (χ0) is 33.8. The van der Waals surface area contributed by atoms with Crippen LogP contribution < -0.4 is 0 Å². The van der Waals surface area contributed by atoms with Gasteiger partial charge in [0.15, 0.2) is 0 Å². The van der Waals surface area contributed by atoms with Gasteiger partial charge in [0.25, 0.3) is 0 Å². The van der Waals surface area contributed by atoms with Gasteiger partial charge in [0.05, 0.1) is 45.0 Å². The lowest BCUT2D eigenvalue weighted by Gasteiger charge is -2.18. The van der Waals surface area contributed by atoms with Crippen LogP contribution in [0.15, 0.2) is 133 Å². The second-order valence-corrected chi connectivity index (χ2v) is 12.6. The van der Waals surface area contributed by atoms with Gasteiger partial charge in [-0.2, -0.15) is 15.8 Å². The minimum atomic E-state index is 0.341. The summed E-state index contributed by atoms with van der Waals surface area (Å²) in [6.07, 6.45) is 6.33. The lowest BCUT2D eigenvalue weighted by atomic mass is 9.94. The first-order valence-electron chi connectivity index (χ1n) is 16.6. The summed E-state index contributed by atoms with van der Waals surface area (Å²) in [5.41, 5.74) is 12.4. The fourth-order valence-corrected chi connectivity index (χ4v) is 7.70. The number of nitrogens with zero attached hydrogens (tertiary/aromatic N) is 5. The maximum absolute atomic E-state index is 10.6. The second-order valence-electron chi connectivity index (χ2n) is 12.6. The van der Waals surface area contributed by atoms with Crippen molar-refractivity contribution in [1.82, 2.24) is 9.13 Å². The van der Waals surface area contributed by atoms with Gasteiger partial charge in [-0.15, -0.1) is 0 Å². The molecule has 1 aliphatic rings. The molecule has 0 bridgehead atoms. The van der Waals surface area contributed by atoms with Crippen LogP contribution in [0.25, 0.3) is 72.4 Å². The minimum Gasteiger partial charge on any atom is -0.313 e. The van der Waals surface area contributed by atoms with Crippen LogP contribution in [0.5, 0.6) is 0 Å². The van der Waals surface area contributed by atoms with E-state index in [9.17, 15) is 15.8 Å². The third kappa shape index (κ3) is 4.37. The van der Waals surface area contributed by atoms with E-state index in [-0.39, 0.29) is 0 Å². The average Bonchev–Trinajstić information content (AvgIpc) is 3.69. The van der Waals surface area contributed by atoms with Crippen LogP contribution in [-0.4, -0.2) is 9.13 Å². The van der Waals surface area contributed by atoms with E-state index < -0.39 is 0 Å². The minimum absolute atomic E-state index is 0.341. The number of nitriles is 3. The monoisotopic (exact) mass is 637 g/mol. The Hall–Kier alpha value is -7.13. The van der Waals surface area contributed by atoms with E-state index in [0.29, 0.717) is 22.4 Å². The molecule has 232 valence electrons. The topological polar surface area (TPSA) is 81.2 Å². The molecule has 0 unspecified atom stereocenters. The first-order chi connectivity index (χ1) is 24.7. The zero-order valence-electron chi connectivity index (χ0n) is 26.9. The lowest BCUT2D eigenvalue weighted by molar-refractivity contribution is 0.888. The molecule has 8 aromatic rings. The van der Waals surface area contributed by atoms with Crippen molar-refractivity contribution in [3.8, 4) is 51.8 Å². The summed E-state index contributed by atoms with van der Waals surface area (Å²) < 4.78 is 4.44. The predicted molar refractivity (Wildman–Crippen MR) is 200 cm³/mol. The summed E-state index contributed by atoms with van der Waals surface area (Å²) >= 11 is 0. The van der Waals surface area contributed by atoms with Gasteiger partial charge in [-0.3, -0.25) is 0 Å². The standard InChI is InChI=1S/C45H27N5/c46-26-29-19-21-39-38-15-1-4-16-41(38)49(44(39)23-29)34-12-8-10-31(25-34)30-9-7-11-32(24-30)35-22-20-33(27-47)40(28-48)45(35)50-42-17-5-2-13-36(42)37-14-3-6-18-43(37)50/h1-3,5-15,17-25H,4,16H2. The number of aromatic nitrogens is 2. The number of benzene rings is 6. The Kier molecular flexibility index (Phi) is 6.70. The highest BCUT2D eigenvalue weighted by molar-refractivity contribution is 6.10. The first-order valence-corrected chi connectivity index (χ1v) is 16.6. The van der Waals surface area contributed by atoms with Crippen molar-refractivity contribution in [3.05, 3.63) is 161 Å². The average molecular weight is 638 g/mol. The van der Waals surface area contributed by atoms with Crippen LogP contribution in [0, 0.1) is 34.0 Å². The van der Waals surface area contributed by atoms with Crippen molar-refractivity contribution in [2.24, 2.45) is 0 Å². The fraction of sp³-hybridized carbons (Fsp3) is 0.0444. The Morgan fingerprint density at radius 3 is 2.00 bits per heavy atom. The number of fused-ring (bicyclic) bond motifs is 6. The van der Waals surface area contributed by atoms with Crippen molar-refractivity contribution < 1.29 is 0 Å². The van der Waals surface area contributed by atoms with E-state index in [2.05, 4.69) is 112 Å². The van der Waals surface area contributed by atoms with Gasteiger partial charge in [-0.25, -0.2) is 0 Å². The van der Waals surface area contributed by atoms with Crippen LogP contribution in [0.2, 0.25) is 0 Å². The maximum atomic E-state index is 10.6. The summed E-state index contributed by atoms with van der Waals surface area (Å²) in [6.45, 7) is 0. The lowest BCUT2D eigenvalue weighted by Crippen LogP contribution is -2.03. The quantitative estimate of drug-likeness (QED) is 0.193. The molecule has 6 aromatic carbocycles. The predicted octanol–water partition coefficient (Wildman–Crippen LogP) is 10.6. The molecule has 2 aromatic heterocycles. The molecule has 0 radical (unpaired) electrons. The molecule has 0 amide bonds. The van der Waals surface area contributed by atoms with Gasteiger partial charge in [0.1, 0.15) is 12.1 Å². The van der Waals surface area contributed by atoms with E-state index in [1.165, 1.54) is 11.3 Å². The summed E-state index contributed by atoms with van der Waals surface area (Å²) in [4.78, 5) is 0. The highest BCUT2D eigenvalue weighted by Gasteiger charge is 2.22. The normalized spacial score (nSPS) is 12.1. The molecule has 5 heteroatoms. The molecule has 5 nitrogen and oxygen atoms in total. The Morgan fingerprint density at radius 2 is 1.26 bits per heavy atom. The largest absolute Gasteiger partial charge is 0.313 e. The zero-order valence-corrected chi connectivity index (χ0v) is 26.9. The van der Waals surface area contributed by atoms with E-state index in [0.717, 1.165) is 73.5 Å². The van der Waals surface area contributed by atoms with Crippen molar-refractivity contribution >= 4 is 38.8 Å². The molecule has 0 saturated heterocycles. The second kappa shape index (κ2) is 11.5. The number of para-hydroxylation sites is 2. The number of rotatable bonds is 4. The molecule has 50 heavy (non-hydrogen) atoms. The van der Waals surface area contributed by atoms with E-state index in [1.54, 1.807) is 6.07 Å². The molecule has 0 atom stereocenters. The van der Waals surface area contributed by atoms with Gasteiger partial charge >= 0.3 is 0 Å². The van der Waals surface area contributed by atoms with Crippen molar-refractivity contribution in [2.75, 3.05) is 0 Å². The van der Waals surface area contributed by atoms with Crippen molar-refractivity contribution in [3.63, 3.8) is 0 Å². The van der Waals surface area contributed by atoms with Crippen LogP contribution in [-0.2, 0) is 6.42 Å². The SMILES string of the molecule is N#Cc1ccc2c3c(n(-c4cccc(-c5cccc(-c6ccc(C#N)c(C#N)c6-n6c7ccccc7c7ccccc76)c5)c4)c2c1)CCC=C3. The van der Waals surface area contributed by atoms with Crippen LogP contribution in [0.3, 0.4) is 0 Å². The number of hydrogen-bond acceptors (Lipinski definition) is 3. The molecule has 0 aliphatic heterocycles.